The van der Waals surface area contributed by atoms with Gasteiger partial charge in [0.1, 0.15) is 11.8 Å². The summed E-state index contributed by atoms with van der Waals surface area (Å²) < 4.78 is 9.84. The number of oxazole rings is 1. The van der Waals surface area contributed by atoms with E-state index in [9.17, 15) is 4.79 Å². The molecule has 1 aromatic carbocycles. The van der Waals surface area contributed by atoms with Crippen LogP contribution in [0.1, 0.15) is 0 Å². The Hall–Kier alpha value is -2.22. The van der Waals surface area contributed by atoms with Crippen molar-refractivity contribution in [2.24, 2.45) is 0 Å². The number of benzene rings is 1. The Morgan fingerprint density at radius 2 is 2.43 bits per heavy atom. The fourth-order valence-electron chi connectivity index (χ4n) is 1.14. The number of aromatic amines is 1. The molecule has 2 rings (SSSR count). The van der Waals surface area contributed by atoms with Crippen LogP contribution in [-0.2, 0) is 0 Å². The SMILES string of the molecule is N#CCOc1ccc2oc(=O)[nH]c2c1. The number of aromatic nitrogens is 1. The third-order valence-corrected chi connectivity index (χ3v) is 1.69. The van der Waals surface area contributed by atoms with Gasteiger partial charge in [0.15, 0.2) is 12.2 Å². The molecular weight excluding hydrogens is 184 g/mol. The third-order valence-electron chi connectivity index (χ3n) is 1.69. The molecule has 0 saturated carbocycles. The standard InChI is InChI=1S/C9H6N2O3/c10-3-4-13-6-1-2-8-7(5-6)11-9(12)14-8/h1-2,5H,4H2,(H,11,12). The van der Waals surface area contributed by atoms with Crippen molar-refractivity contribution in [1.82, 2.24) is 4.98 Å². The fraction of sp³-hybridized carbons (Fsp3) is 0.111. The minimum absolute atomic E-state index is 0.0202. The highest BCUT2D eigenvalue weighted by atomic mass is 16.5. The molecule has 0 radical (unpaired) electrons. The molecule has 0 aliphatic carbocycles. The van der Waals surface area contributed by atoms with Gasteiger partial charge in [-0.2, -0.15) is 5.26 Å². The molecule has 1 heterocycles. The van der Waals surface area contributed by atoms with E-state index in [-0.39, 0.29) is 6.61 Å². The van der Waals surface area contributed by atoms with Crippen molar-refractivity contribution >= 4 is 11.1 Å². The Balaban J connectivity index is 2.41. The van der Waals surface area contributed by atoms with E-state index in [0.717, 1.165) is 0 Å². The van der Waals surface area contributed by atoms with E-state index in [1.807, 2.05) is 6.07 Å². The minimum Gasteiger partial charge on any atom is -0.479 e. The third kappa shape index (κ3) is 1.45. The van der Waals surface area contributed by atoms with Gasteiger partial charge in [0, 0.05) is 6.07 Å². The summed E-state index contributed by atoms with van der Waals surface area (Å²) in [5.74, 6) is 0.0218. The quantitative estimate of drug-likeness (QED) is 0.766. The molecule has 0 amide bonds. The Morgan fingerprint density at radius 3 is 3.21 bits per heavy atom. The number of rotatable bonds is 2. The second-order valence-corrected chi connectivity index (χ2v) is 2.62. The van der Waals surface area contributed by atoms with Crippen molar-refractivity contribution < 1.29 is 9.15 Å². The van der Waals surface area contributed by atoms with Crippen LogP contribution in [0.4, 0.5) is 0 Å². The van der Waals surface area contributed by atoms with Crippen LogP contribution in [0.15, 0.2) is 27.4 Å². The second kappa shape index (κ2) is 3.26. The monoisotopic (exact) mass is 190 g/mol. The van der Waals surface area contributed by atoms with Crippen LogP contribution in [0.25, 0.3) is 11.1 Å². The van der Waals surface area contributed by atoms with Crippen molar-refractivity contribution in [2.45, 2.75) is 0 Å². The molecule has 5 heteroatoms. The largest absolute Gasteiger partial charge is 0.479 e. The Labute approximate surface area is 78.5 Å². The molecule has 0 saturated heterocycles. The molecule has 0 atom stereocenters. The van der Waals surface area contributed by atoms with Crippen molar-refractivity contribution in [1.29, 1.82) is 5.26 Å². The highest BCUT2D eigenvalue weighted by Crippen LogP contribution is 2.17. The van der Waals surface area contributed by atoms with Crippen molar-refractivity contribution in [2.75, 3.05) is 6.61 Å². The first kappa shape index (κ1) is 8.38. The first-order valence-corrected chi connectivity index (χ1v) is 3.92. The zero-order valence-electron chi connectivity index (χ0n) is 7.11. The number of nitriles is 1. The second-order valence-electron chi connectivity index (χ2n) is 2.62. The van der Waals surface area contributed by atoms with E-state index >= 15 is 0 Å². The lowest BCUT2D eigenvalue weighted by atomic mass is 10.3. The Morgan fingerprint density at radius 1 is 1.57 bits per heavy atom. The minimum atomic E-state index is -0.502. The number of nitrogens with one attached hydrogen (secondary N) is 1. The van der Waals surface area contributed by atoms with Crippen molar-refractivity contribution in [3.05, 3.63) is 28.7 Å². The summed E-state index contributed by atoms with van der Waals surface area (Å²) in [6.07, 6.45) is 0. The van der Waals surface area contributed by atoms with E-state index in [4.69, 9.17) is 14.4 Å². The normalized spacial score (nSPS) is 9.93. The molecule has 1 aromatic heterocycles. The van der Waals surface area contributed by atoms with Crippen molar-refractivity contribution in [3.63, 3.8) is 0 Å². The number of nitrogens with zero attached hydrogens (tertiary/aromatic N) is 1. The van der Waals surface area contributed by atoms with Crippen LogP contribution in [0, 0.1) is 11.3 Å². The number of hydrogen-bond acceptors (Lipinski definition) is 4. The van der Waals surface area contributed by atoms with Crippen LogP contribution >= 0.6 is 0 Å². The zero-order valence-corrected chi connectivity index (χ0v) is 7.11. The molecule has 0 unspecified atom stereocenters. The summed E-state index contributed by atoms with van der Waals surface area (Å²) in [6, 6.07) is 6.71. The Bertz CT molecular complexity index is 547. The van der Waals surface area contributed by atoms with Gasteiger partial charge < -0.3 is 9.15 Å². The smallest absolute Gasteiger partial charge is 0.417 e. The molecule has 1 N–H and O–H groups in total. The maximum atomic E-state index is 10.8. The average molecular weight is 190 g/mol. The molecule has 14 heavy (non-hydrogen) atoms. The first-order chi connectivity index (χ1) is 6.79. The van der Waals surface area contributed by atoms with E-state index in [2.05, 4.69) is 4.98 Å². The number of hydrogen-bond donors (Lipinski definition) is 1. The average Bonchev–Trinajstić information content (AvgIpc) is 2.54. The van der Waals surface area contributed by atoms with Gasteiger partial charge in [-0.1, -0.05) is 0 Å². The van der Waals surface area contributed by atoms with Gasteiger partial charge in [-0.05, 0) is 12.1 Å². The van der Waals surface area contributed by atoms with Gasteiger partial charge in [0.25, 0.3) is 0 Å². The lowest BCUT2D eigenvalue weighted by Gasteiger charge is -1.99. The predicted octanol–water partition coefficient (Wildman–Crippen LogP) is 1.02. The summed E-state index contributed by atoms with van der Waals surface area (Å²) in [7, 11) is 0. The lowest BCUT2D eigenvalue weighted by Crippen LogP contribution is -1.94. The lowest BCUT2D eigenvalue weighted by molar-refractivity contribution is 0.368. The zero-order chi connectivity index (χ0) is 9.97. The highest BCUT2D eigenvalue weighted by molar-refractivity contribution is 5.73. The first-order valence-electron chi connectivity index (χ1n) is 3.92. The summed E-state index contributed by atoms with van der Waals surface area (Å²) >= 11 is 0. The number of fused-ring (bicyclic) bond motifs is 1. The maximum Gasteiger partial charge on any atom is 0.417 e. The topological polar surface area (TPSA) is 79.0 Å². The van der Waals surface area contributed by atoms with E-state index < -0.39 is 5.76 Å². The molecule has 0 bridgehead atoms. The Kier molecular flexibility index (Phi) is 1.95. The molecule has 0 aliphatic heterocycles. The molecule has 0 spiro atoms. The van der Waals surface area contributed by atoms with Crippen LogP contribution < -0.4 is 10.5 Å². The highest BCUT2D eigenvalue weighted by Gasteiger charge is 2.01. The van der Waals surface area contributed by atoms with Gasteiger partial charge in [-0.3, -0.25) is 4.98 Å². The summed E-state index contributed by atoms with van der Waals surface area (Å²) in [5, 5.41) is 8.29. The van der Waals surface area contributed by atoms with Gasteiger partial charge in [0.2, 0.25) is 0 Å². The molecule has 2 aromatic rings. The molecule has 5 nitrogen and oxygen atoms in total. The number of ether oxygens (including phenoxy) is 1. The van der Waals surface area contributed by atoms with E-state index in [1.165, 1.54) is 0 Å². The fourth-order valence-corrected chi connectivity index (χ4v) is 1.14. The maximum absolute atomic E-state index is 10.8. The van der Waals surface area contributed by atoms with Crippen LogP contribution in [0.5, 0.6) is 5.75 Å². The van der Waals surface area contributed by atoms with Gasteiger partial charge in [-0.25, -0.2) is 4.79 Å². The van der Waals surface area contributed by atoms with Gasteiger partial charge in [-0.15, -0.1) is 0 Å². The van der Waals surface area contributed by atoms with Crippen LogP contribution in [-0.4, -0.2) is 11.6 Å². The number of H-pyrrole nitrogens is 1. The molecule has 0 aliphatic rings. The summed E-state index contributed by atoms with van der Waals surface area (Å²) in [4.78, 5) is 13.3. The van der Waals surface area contributed by atoms with Crippen LogP contribution in [0.3, 0.4) is 0 Å². The molecule has 70 valence electrons. The van der Waals surface area contributed by atoms with Gasteiger partial charge >= 0.3 is 5.76 Å². The summed E-state index contributed by atoms with van der Waals surface area (Å²) in [6.45, 7) is -0.0202. The van der Waals surface area contributed by atoms with Gasteiger partial charge in [0.05, 0.1) is 5.52 Å². The van der Waals surface area contributed by atoms with E-state index in [1.54, 1.807) is 18.2 Å². The summed E-state index contributed by atoms with van der Waals surface area (Å²) in [5.41, 5.74) is 1.03. The van der Waals surface area contributed by atoms with Crippen molar-refractivity contribution in [3.8, 4) is 11.8 Å². The van der Waals surface area contributed by atoms with Crippen LogP contribution in [0.2, 0.25) is 0 Å². The molecule has 0 fully saturated rings. The van der Waals surface area contributed by atoms with E-state index in [0.29, 0.717) is 16.8 Å². The predicted molar refractivity (Wildman–Crippen MR) is 47.9 cm³/mol. The molecular formula is C9H6N2O3.